The maximum absolute atomic E-state index is 6.07. The third kappa shape index (κ3) is 3.26. The van der Waals surface area contributed by atoms with Crippen LogP contribution in [0.25, 0.3) is 0 Å². The molecule has 0 bridgehead atoms. The maximum atomic E-state index is 6.07. The smallest absolute Gasteiger partial charge is 0.138 e. The van der Waals surface area contributed by atoms with Crippen molar-refractivity contribution in [3.05, 3.63) is 24.5 Å². The standard InChI is InChI=1S/C17H24N2O2S/c1-2-15(9-18-5-1)21-16-8-17(22-11-16)12-19(13-17)10-14-3-6-20-7-4-14/h1-2,5,9,14,16H,3-4,6-8,10-13H2/t16-/m0/s1. The summed E-state index contributed by atoms with van der Waals surface area (Å²) in [5.41, 5.74) is 0. The van der Waals surface area contributed by atoms with Crippen molar-refractivity contribution in [2.75, 3.05) is 38.6 Å². The van der Waals surface area contributed by atoms with Gasteiger partial charge in [-0.3, -0.25) is 4.98 Å². The van der Waals surface area contributed by atoms with Crippen molar-refractivity contribution >= 4 is 11.8 Å². The van der Waals surface area contributed by atoms with Gasteiger partial charge in [-0.25, -0.2) is 0 Å². The van der Waals surface area contributed by atoms with Crippen LogP contribution in [-0.2, 0) is 4.74 Å². The zero-order valence-electron chi connectivity index (χ0n) is 12.9. The molecule has 0 N–H and O–H groups in total. The SMILES string of the molecule is c1cncc(O[C@@H]2CSC3(C2)CN(CC2CCOCC2)C3)c1. The molecule has 120 valence electrons. The van der Waals surface area contributed by atoms with Gasteiger partial charge in [0.05, 0.1) is 6.20 Å². The highest BCUT2D eigenvalue weighted by Gasteiger charge is 2.49. The van der Waals surface area contributed by atoms with E-state index in [1.165, 1.54) is 38.9 Å². The fourth-order valence-corrected chi connectivity index (χ4v) is 5.48. The second-order valence-electron chi connectivity index (χ2n) is 6.85. The number of thioether (sulfide) groups is 1. The third-order valence-corrected chi connectivity index (χ3v) is 6.57. The summed E-state index contributed by atoms with van der Waals surface area (Å²) in [5.74, 6) is 2.86. The number of aromatic nitrogens is 1. The van der Waals surface area contributed by atoms with Crippen LogP contribution >= 0.6 is 11.8 Å². The summed E-state index contributed by atoms with van der Waals surface area (Å²) in [7, 11) is 0. The van der Waals surface area contributed by atoms with Gasteiger partial charge in [-0.05, 0) is 30.9 Å². The fraction of sp³-hybridized carbons (Fsp3) is 0.706. The highest BCUT2D eigenvalue weighted by atomic mass is 32.2. The summed E-state index contributed by atoms with van der Waals surface area (Å²) in [6, 6.07) is 3.94. The number of hydrogen-bond acceptors (Lipinski definition) is 5. The molecule has 1 atom stereocenters. The Balaban J connectivity index is 1.24. The molecule has 5 heteroatoms. The van der Waals surface area contributed by atoms with Crippen LogP contribution in [0.2, 0.25) is 0 Å². The molecule has 4 nitrogen and oxygen atoms in total. The summed E-state index contributed by atoms with van der Waals surface area (Å²) < 4.78 is 12.0. The van der Waals surface area contributed by atoms with Crippen LogP contribution in [0, 0.1) is 5.92 Å². The molecule has 3 aliphatic heterocycles. The van der Waals surface area contributed by atoms with E-state index in [0.29, 0.717) is 10.9 Å². The second kappa shape index (κ2) is 6.38. The van der Waals surface area contributed by atoms with Gasteiger partial charge in [-0.1, -0.05) is 0 Å². The number of nitrogens with zero attached hydrogens (tertiary/aromatic N) is 2. The summed E-state index contributed by atoms with van der Waals surface area (Å²) in [5, 5.41) is 0. The van der Waals surface area contributed by atoms with Crippen molar-refractivity contribution in [2.24, 2.45) is 5.92 Å². The van der Waals surface area contributed by atoms with Crippen molar-refractivity contribution in [1.82, 2.24) is 9.88 Å². The van der Waals surface area contributed by atoms with Crippen molar-refractivity contribution in [1.29, 1.82) is 0 Å². The van der Waals surface area contributed by atoms with Crippen molar-refractivity contribution < 1.29 is 9.47 Å². The summed E-state index contributed by atoms with van der Waals surface area (Å²) >= 11 is 2.11. The van der Waals surface area contributed by atoms with E-state index in [4.69, 9.17) is 9.47 Å². The van der Waals surface area contributed by atoms with E-state index in [0.717, 1.165) is 30.6 Å². The minimum Gasteiger partial charge on any atom is -0.488 e. The molecule has 1 aromatic rings. The van der Waals surface area contributed by atoms with E-state index in [1.807, 2.05) is 18.3 Å². The average molecular weight is 320 g/mol. The van der Waals surface area contributed by atoms with Crippen LogP contribution < -0.4 is 4.74 Å². The Bertz CT molecular complexity index is 487. The fourth-order valence-electron chi connectivity index (χ4n) is 3.90. The van der Waals surface area contributed by atoms with Gasteiger partial charge < -0.3 is 14.4 Å². The van der Waals surface area contributed by atoms with Crippen molar-refractivity contribution in [3.63, 3.8) is 0 Å². The Morgan fingerprint density at radius 1 is 1.36 bits per heavy atom. The molecule has 22 heavy (non-hydrogen) atoms. The van der Waals surface area contributed by atoms with Crippen LogP contribution in [0.4, 0.5) is 0 Å². The van der Waals surface area contributed by atoms with Gasteiger partial charge in [-0.15, -0.1) is 11.8 Å². The second-order valence-corrected chi connectivity index (χ2v) is 8.34. The molecule has 1 aromatic heterocycles. The first-order valence-corrected chi connectivity index (χ1v) is 9.31. The normalized spacial score (nSPS) is 28.6. The van der Waals surface area contributed by atoms with Crippen LogP contribution in [0.15, 0.2) is 24.5 Å². The van der Waals surface area contributed by atoms with Crippen LogP contribution in [-0.4, -0.2) is 59.3 Å². The Kier molecular flexibility index (Phi) is 4.29. The lowest BCUT2D eigenvalue weighted by Gasteiger charge is -2.49. The van der Waals surface area contributed by atoms with Crippen LogP contribution in [0.3, 0.4) is 0 Å². The minimum absolute atomic E-state index is 0.347. The van der Waals surface area contributed by atoms with E-state index in [2.05, 4.69) is 21.6 Å². The zero-order chi connectivity index (χ0) is 14.8. The van der Waals surface area contributed by atoms with E-state index >= 15 is 0 Å². The van der Waals surface area contributed by atoms with Crippen molar-refractivity contribution in [3.8, 4) is 5.75 Å². The van der Waals surface area contributed by atoms with E-state index < -0.39 is 0 Å². The van der Waals surface area contributed by atoms with Gasteiger partial charge in [0, 0.05) is 56.0 Å². The number of likely N-dealkylation sites (tertiary alicyclic amines) is 1. The highest BCUT2D eigenvalue weighted by molar-refractivity contribution is 8.01. The molecular formula is C17H24N2O2S. The summed E-state index contributed by atoms with van der Waals surface area (Å²) in [4.78, 5) is 6.76. The third-order valence-electron chi connectivity index (χ3n) is 4.99. The lowest BCUT2D eigenvalue weighted by atomic mass is 9.90. The Morgan fingerprint density at radius 3 is 3.00 bits per heavy atom. The molecule has 3 fully saturated rings. The Labute approximate surface area is 136 Å². The number of ether oxygens (including phenoxy) is 2. The van der Waals surface area contributed by atoms with E-state index in [9.17, 15) is 0 Å². The van der Waals surface area contributed by atoms with Crippen LogP contribution in [0.1, 0.15) is 19.3 Å². The predicted octanol–water partition coefficient (Wildman–Crippen LogP) is 2.45. The molecule has 0 saturated carbocycles. The predicted molar refractivity (Wildman–Crippen MR) is 88.4 cm³/mol. The molecule has 4 rings (SSSR count). The first-order valence-electron chi connectivity index (χ1n) is 8.32. The Hall–Kier alpha value is -0.780. The van der Waals surface area contributed by atoms with Gasteiger partial charge in [0.2, 0.25) is 0 Å². The molecule has 0 aromatic carbocycles. The molecule has 0 aliphatic carbocycles. The lowest BCUT2D eigenvalue weighted by molar-refractivity contribution is 0.0285. The number of pyridine rings is 1. The molecule has 0 amide bonds. The van der Waals surface area contributed by atoms with Crippen molar-refractivity contribution in [2.45, 2.75) is 30.1 Å². The van der Waals surface area contributed by atoms with E-state index in [1.54, 1.807) is 6.20 Å². The zero-order valence-corrected chi connectivity index (χ0v) is 13.8. The molecule has 4 heterocycles. The monoisotopic (exact) mass is 320 g/mol. The molecular weight excluding hydrogens is 296 g/mol. The van der Waals surface area contributed by atoms with Gasteiger partial charge in [-0.2, -0.15) is 0 Å². The Morgan fingerprint density at radius 2 is 2.23 bits per heavy atom. The maximum Gasteiger partial charge on any atom is 0.138 e. The minimum atomic E-state index is 0.347. The largest absolute Gasteiger partial charge is 0.488 e. The number of hydrogen-bond donors (Lipinski definition) is 0. The molecule has 3 saturated heterocycles. The number of rotatable bonds is 4. The lowest BCUT2D eigenvalue weighted by Crippen LogP contribution is -2.60. The summed E-state index contributed by atoms with van der Waals surface area (Å²) in [6.07, 6.45) is 7.61. The topological polar surface area (TPSA) is 34.6 Å². The molecule has 3 aliphatic rings. The first-order chi connectivity index (χ1) is 10.8. The summed E-state index contributed by atoms with van der Waals surface area (Å²) in [6.45, 7) is 5.66. The average Bonchev–Trinajstić information content (AvgIpc) is 2.93. The highest BCUT2D eigenvalue weighted by Crippen LogP contribution is 2.46. The molecule has 0 radical (unpaired) electrons. The molecule has 1 spiro atoms. The van der Waals surface area contributed by atoms with Gasteiger partial charge in [0.25, 0.3) is 0 Å². The van der Waals surface area contributed by atoms with Crippen LogP contribution in [0.5, 0.6) is 5.75 Å². The van der Waals surface area contributed by atoms with Gasteiger partial charge in [0.1, 0.15) is 11.9 Å². The van der Waals surface area contributed by atoms with Gasteiger partial charge >= 0.3 is 0 Å². The van der Waals surface area contributed by atoms with E-state index in [-0.39, 0.29) is 0 Å². The van der Waals surface area contributed by atoms with Gasteiger partial charge in [0.15, 0.2) is 0 Å². The molecule has 0 unspecified atom stereocenters. The quantitative estimate of drug-likeness (QED) is 0.851. The first kappa shape index (κ1) is 14.8.